The second-order valence-electron chi connectivity index (χ2n) is 4.33. The number of hydrogen-bond donors (Lipinski definition) is 0. The summed E-state index contributed by atoms with van der Waals surface area (Å²) in [4.78, 5) is 0. The lowest BCUT2D eigenvalue weighted by molar-refractivity contribution is 0.499. The van der Waals surface area contributed by atoms with Crippen LogP contribution in [-0.4, -0.2) is 0 Å². The maximum Gasteiger partial charge on any atom is 0.134 e. The average Bonchev–Trinajstić information content (AvgIpc) is 2.56. The minimum Gasteiger partial charge on any atom is -0.461 e. The summed E-state index contributed by atoms with van der Waals surface area (Å²) in [6, 6.07) is 6.56. The number of hydrogen-bond acceptors (Lipinski definition) is 1. The lowest BCUT2D eigenvalue weighted by Crippen LogP contribution is -1.89. The molecule has 0 atom stereocenters. The molecule has 0 aliphatic rings. The van der Waals surface area contributed by atoms with Gasteiger partial charge in [-0.2, -0.15) is 0 Å². The molecule has 0 bridgehead atoms. The first-order valence-corrected chi connectivity index (χ1v) is 5.33. The molecule has 0 aliphatic carbocycles. The zero-order valence-electron chi connectivity index (χ0n) is 9.09. The van der Waals surface area contributed by atoms with Gasteiger partial charge in [0, 0.05) is 11.8 Å². The molecule has 0 spiro atoms. The number of rotatable bonds is 3. The van der Waals surface area contributed by atoms with Crippen molar-refractivity contribution in [1.29, 1.82) is 0 Å². The van der Waals surface area contributed by atoms with Gasteiger partial charge in [0.1, 0.15) is 17.2 Å². The molecule has 2 rings (SSSR count). The maximum absolute atomic E-state index is 12.9. The molecule has 80 valence electrons. The highest BCUT2D eigenvalue weighted by Crippen LogP contribution is 2.22. The first kappa shape index (κ1) is 10.2. The smallest absolute Gasteiger partial charge is 0.134 e. The quantitative estimate of drug-likeness (QED) is 0.734. The summed E-state index contributed by atoms with van der Waals surface area (Å²) in [5.74, 6) is 1.40. The predicted octanol–water partition coefficient (Wildman–Crippen LogP) is 4.16. The lowest BCUT2D eigenvalue weighted by atomic mass is 10.1. The van der Waals surface area contributed by atoms with Gasteiger partial charge in [-0.1, -0.05) is 13.8 Å². The Morgan fingerprint density at radius 3 is 2.80 bits per heavy atom. The van der Waals surface area contributed by atoms with Crippen LogP contribution in [0.5, 0.6) is 0 Å². The topological polar surface area (TPSA) is 13.1 Å². The fourth-order valence-electron chi connectivity index (χ4n) is 1.62. The van der Waals surface area contributed by atoms with Crippen molar-refractivity contribution in [2.24, 2.45) is 5.92 Å². The largest absolute Gasteiger partial charge is 0.461 e. The van der Waals surface area contributed by atoms with Crippen LogP contribution < -0.4 is 0 Å². The number of halogens is 1. The molecule has 0 unspecified atom stereocenters. The Labute approximate surface area is 88.9 Å². The third kappa shape index (κ3) is 2.38. The number of aryl methyl sites for hydroxylation is 1. The Morgan fingerprint density at radius 1 is 1.27 bits per heavy atom. The fraction of sp³-hybridized carbons (Fsp3) is 0.385. The van der Waals surface area contributed by atoms with Gasteiger partial charge < -0.3 is 4.42 Å². The Hall–Kier alpha value is -1.31. The second kappa shape index (κ2) is 4.05. The second-order valence-corrected chi connectivity index (χ2v) is 4.33. The van der Waals surface area contributed by atoms with Crippen LogP contribution in [0, 0.1) is 11.7 Å². The van der Waals surface area contributed by atoms with Crippen LogP contribution in [-0.2, 0) is 6.42 Å². The lowest BCUT2D eigenvalue weighted by Gasteiger charge is -2.00. The molecule has 1 nitrogen and oxygen atoms in total. The van der Waals surface area contributed by atoms with Gasteiger partial charge in [0.2, 0.25) is 0 Å². The molecule has 15 heavy (non-hydrogen) atoms. The summed E-state index contributed by atoms with van der Waals surface area (Å²) >= 11 is 0. The van der Waals surface area contributed by atoms with E-state index in [0.717, 1.165) is 29.6 Å². The van der Waals surface area contributed by atoms with Crippen molar-refractivity contribution < 1.29 is 8.81 Å². The van der Waals surface area contributed by atoms with Crippen molar-refractivity contribution in [1.82, 2.24) is 0 Å². The van der Waals surface area contributed by atoms with Crippen LogP contribution in [0.1, 0.15) is 26.0 Å². The molecule has 0 amide bonds. The molecule has 0 N–H and O–H groups in total. The summed E-state index contributed by atoms with van der Waals surface area (Å²) in [6.07, 6.45) is 2.02. The van der Waals surface area contributed by atoms with Gasteiger partial charge in [-0.15, -0.1) is 0 Å². The number of furan rings is 1. The normalized spacial score (nSPS) is 11.5. The Bertz CT molecular complexity index is 457. The summed E-state index contributed by atoms with van der Waals surface area (Å²) in [5.41, 5.74) is 0.773. The summed E-state index contributed by atoms with van der Waals surface area (Å²) in [5, 5.41) is 0.855. The first-order chi connectivity index (χ1) is 7.15. The third-order valence-electron chi connectivity index (χ3n) is 2.50. The minimum atomic E-state index is -0.210. The summed E-state index contributed by atoms with van der Waals surface area (Å²) in [6.45, 7) is 4.37. The zero-order valence-corrected chi connectivity index (χ0v) is 9.09. The molecule has 0 aliphatic heterocycles. The van der Waals surface area contributed by atoms with Crippen molar-refractivity contribution in [3.63, 3.8) is 0 Å². The van der Waals surface area contributed by atoms with Crippen LogP contribution in [0.2, 0.25) is 0 Å². The van der Waals surface area contributed by atoms with Crippen LogP contribution in [0.25, 0.3) is 11.0 Å². The van der Waals surface area contributed by atoms with Gasteiger partial charge in [0.05, 0.1) is 0 Å². The van der Waals surface area contributed by atoms with E-state index in [4.69, 9.17) is 4.42 Å². The summed E-state index contributed by atoms with van der Waals surface area (Å²) < 4.78 is 18.5. The molecule has 2 aromatic rings. The van der Waals surface area contributed by atoms with Crippen molar-refractivity contribution >= 4 is 11.0 Å². The molecule has 2 heteroatoms. The van der Waals surface area contributed by atoms with Crippen molar-refractivity contribution in [2.45, 2.75) is 26.7 Å². The standard InChI is InChI=1S/C13H15FO/c1-9(2)3-5-12-8-10-7-11(14)4-6-13(10)15-12/h4,6-9H,3,5H2,1-2H3. The Balaban J connectivity index is 2.23. The van der Waals surface area contributed by atoms with Gasteiger partial charge in [-0.3, -0.25) is 0 Å². The van der Waals surface area contributed by atoms with Crippen molar-refractivity contribution in [3.05, 3.63) is 35.8 Å². The molecule has 0 radical (unpaired) electrons. The fourth-order valence-corrected chi connectivity index (χ4v) is 1.62. The number of fused-ring (bicyclic) bond motifs is 1. The van der Waals surface area contributed by atoms with Gasteiger partial charge in [0.25, 0.3) is 0 Å². The van der Waals surface area contributed by atoms with Crippen LogP contribution >= 0.6 is 0 Å². The number of benzene rings is 1. The zero-order chi connectivity index (χ0) is 10.8. The van der Waals surface area contributed by atoms with Crippen molar-refractivity contribution in [2.75, 3.05) is 0 Å². The first-order valence-electron chi connectivity index (χ1n) is 5.33. The Kier molecular flexibility index (Phi) is 2.76. The molecule has 1 aromatic carbocycles. The molecule has 1 aromatic heterocycles. The average molecular weight is 206 g/mol. The summed E-state index contributed by atoms with van der Waals surface area (Å²) in [7, 11) is 0. The maximum atomic E-state index is 12.9. The van der Waals surface area contributed by atoms with E-state index in [1.807, 2.05) is 6.07 Å². The monoisotopic (exact) mass is 206 g/mol. The van der Waals surface area contributed by atoms with E-state index in [2.05, 4.69) is 13.8 Å². The van der Waals surface area contributed by atoms with E-state index in [-0.39, 0.29) is 5.82 Å². The van der Waals surface area contributed by atoms with E-state index < -0.39 is 0 Å². The van der Waals surface area contributed by atoms with E-state index in [0.29, 0.717) is 5.92 Å². The van der Waals surface area contributed by atoms with Gasteiger partial charge in [-0.05, 0) is 36.6 Å². The Morgan fingerprint density at radius 2 is 2.07 bits per heavy atom. The predicted molar refractivity (Wildman–Crippen MR) is 59.3 cm³/mol. The molecular formula is C13H15FO. The van der Waals surface area contributed by atoms with Gasteiger partial charge >= 0.3 is 0 Å². The van der Waals surface area contributed by atoms with E-state index in [1.54, 1.807) is 6.07 Å². The van der Waals surface area contributed by atoms with Crippen LogP contribution in [0.4, 0.5) is 4.39 Å². The highest BCUT2D eigenvalue weighted by molar-refractivity contribution is 5.77. The minimum absolute atomic E-state index is 0.210. The highest BCUT2D eigenvalue weighted by atomic mass is 19.1. The molecule has 0 saturated carbocycles. The molecule has 1 heterocycles. The third-order valence-corrected chi connectivity index (χ3v) is 2.50. The van der Waals surface area contributed by atoms with E-state index in [1.165, 1.54) is 12.1 Å². The van der Waals surface area contributed by atoms with Crippen LogP contribution in [0.15, 0.2) is 28.7 Å². The van der Waals surface area contributed by atoms with E-state index >= 15 is 0 Å². The highest BCUT2D eigenvalue weighted by Gasteiger charge is 2.05. The van der Waals surface area contributed by atoms with Gasteiger partial charge in [-0.25, -0.2) is 4.39 Å². The SMILES string of the molecule is CC(C)CCc1cc2cc(F)ccc2o1. The van der Waals surface area contributed by atoms with Crippen molar-refractivity contribution in [3.8, 4) is 0 Å². The van der Waals surface area contributed by atoms with E-state index in [9.17, 15) is 4.39 Å². The van der Waals surface area contributed by atoms with Crippen LogP contribution in [0.3, 0.4) is 0 Å². The molecular weight excluding hydrogens is 191 g/mol. The molecule has 0 fully saturated rings. The molecule has 0 saturated heterocycles. The van der Waals surface area contributed by atoms with Gasteiger partial charge in [0.15, 0.2) is 0 Å².